The van der Waals surface area contributed by atoms with E-state index in [0.29, 0.717) is 29.7 Å². The Morgan fingerprint density at radius 3 is 2.30 bits per heavy atom. The summed E-state index contributed by atoms with van der Waals surface area (Å²) in [4.78, 5) is 42.1. The molecule has 0 bridgehead atoms. The van der Waals surface area contributed by atoms with Crippen LogP contribution in [0.1, 0.15) is 91.3 Å². The van der Waals surface area contributed by atoms with Crippen LogP contribution in [-0.4, -0.2) is 63.6 Å². The number of hydrogen-bond acceptors (Lipinski definition) is 6. The van der Waals surface area contributed by atoms with Crippen LogP contribution in [0, 0.1) is 6.92 Å². The van der Waals surface area contributed by atoms with Crippen molar-refractivity contribution in [3.8, 4) is 5.75 Å². The number of hydrogen-bond donors (Lipinski definition) is 3. The van der Waals surface area contributed by atoms with E-state index in [9.17, 15) is 19.5 Å². The monoisotopic (exact) mass is 537 g/mol. The van der Waals surface area contributed by atoms with Gasteiger partial charge in [0, 0.05) is 17.6 Å². The molecule has 1 rings (SSSR count). The largest absolute Gasteiger partial charge is 0.507 e. The number of para-hydroxylation sites is 1. The van der Waals surface area contributed by atoms with Gasteiger partial charge < -0.3 is 25.4 Å². The molecular formula is C28H47N3O5S. The number of ether oxygens (including phenoxy) is 1. The van der Waals surface area contributed by atoms with Gasteiger partial charge in [-0.15, -0.1) is 0 Å². The number of aryl methyl sites for hydroxylation is 1. The lowest BCUT2D eigenvalue weighted by molar-refractivity contribution is -0.145. The summed E-state index contributed by atoms with van der Waals surface area (Å²) >= 11 is 1.56. The lowest BCUT2D eigenvalue weighted by Gasteiger charge is -2.39. The minimum Gasteiger partial charge on any atom is -0.507 e. The van der Waals surface area contributed by atoms with E-state index in [4.69, 9.17) is 4.74 Å². The van der Waals surface area contributed by atoms with Gasteiger partial charge in [0.05, 0.1) is 0 Å². The fourth-order valence-corrected chi connectivity index (χ4v) is 4.54. The third-order valence-corrected chi connectivity index (χ3v) is 6.76. The summed E-state index contributed by atoms with van der Waals surface area (Å²) in [6.07, 6.45) is 3.86. The number of nitrogens with one attached hydrogen (secondary N) is 2. The highest BCUT2D eigenvalue weighted by molar-refractivity contribution is 7.98. The van der Waals surface area contributed by atoms with Gasteiger partial charge in [0.15, 0.2) is 0 Å². The Balaban J connectivity index is 3.59. The van der Waals surface area contributed by atoms with Crippen molar-refractivity contribution in [2.24, 2.45) is 0 Å². The molecule has 1 aromatic rings. The minimum absolute atomic E-state index is 0.0207. The maximum absolute atomic E-state index is 14.2. The summed E-state index contributed by atoms with van der Waals surface area (Å²) in [5.41, 5.74) is 0.244. The van der Waals surface area contributed by atoms with Crippen molar-refractivity contribution in [1.82, 2.24) is 15.5 Å². The van der Waals surface area contributed by atoms with E-state index in [2.05, 4.69) is 10.6 Å². The SMILES string of the molecule is CCCC(C)NC(=O)C(c1cccc(C)c1O)N(C(=O)C(CCSC)NC(=O)OC(C)(C)C)C(C)CC. The van der Waals surface area contributed by atoms with E-state index in [1.807, 2.05) is 34.0 Å². The number of benzene rings is 1. The number of nitrogens with zero attached hydrogens (tertiary/aromatic N) is 1. The van der Waals surface area contributed by atoms with Crippen molar-refractivity contribution in [2.45, 2.75) is 111 Å². The molecule has 4 unspecified atom stereocenters. The molecule has 37 heavy (non-hydrogen) atoms. The molecule has 0 heterocycles. The van der Waals surface area contributed by atoms with Crippen LogP contribution in [0.3, 0.4) is 0 Å². The predicted octanol–water partition coefficient (Wildman–Crippen LogP) is 5.32. The summed E-state index contributed by atoms with van der Waals surface area (Å²) < 4.78 is 5.42. The summed E-state index contributed by atoms with van der Waals surface area (Å²) in [5.74, 6) is -0.150. The maximum Gasteiger partial charge on any atom is 0.408 e. The Morgan fingerprint density at radius 1 is 1.11 bits per heavy atom. The standard InChI is InChI=1S/C28H47N3O5S/c1-10-13-19(4)29-25(33)23(21-15-12-14-18(3)24(21)32)31(20(5)11-2)26(34)22(16-17-37-9)30-27(35)36-28(6,7)8/h12,14-15,19-20,22-23,32H,10-11,13,16-17H2,1-9H3,(H,29,33)(H,30,35). The van der Waals surface area contributed by atoms with E-state index in [1.54, 1.807) is 57.7 Å². The van der Waals surface area contributed by atoms with Crippen LogP contribution >= 0.6 is 11.8 Å². The van der Waals surface area contributed by atoms with Gasteiger partial charge in [-0.05, 0) is 78.4 Å². The highest BCUT2D eigenvalue weighted by Crippen LogP contribution is 2.34. The molecule has 0 spiro atoms. The summed E-state index contributed by atoms with van der Waals surface area (Å²) in [6.45, 7) is 14.8. The maximum atomic E-state index is 14.2. The molecule has 9 heteroatoms. The van der Waals surface area contributed by atoms with Crippen LogP contribution in [-0.2, 0) is 14.3 Å². The normalized spacial score (nSPS) is 14.7. The van der Waals surface area contributed by atoms with Crippen LogP contribution in [0.15, 0.2) is 18.2 Å². The molecule has 0 aromatic heterocycles. The van der Waals surface area contributed by atoms with Gasteiger partial charge in [0.25, 0.3) is 0 Å². The Labute approximate surface area is 227 Å². The van der Waals surface area contributed by atoms with E-state index >= 15 is 0 Å². The number of amides is 3. The third kappa shape index (κ3) is 10.1. The van der Waals surface area contributed by atoms with Crippen molar-refractivity contribution in [3.05, 3.63) is 29.3 Å². The average molecular weight is 538 g/mol. The lowest BCUT2D eigenvalue weighted by Crippen LogP contribution is -2.56. The van der Waals surface area contributed by atoms with E-state index in [-0.39, 0.29) is 23.7 Å². The Kier molecular flexibility index (Phi) is 13.3. The van der Waals surface area contributed by atoms with Gasteiger partial charge in [-0.3, -0.25) is 9.59 Å². The van der Waals surface area contributed by atoms with Crippen LogP contribution in [0.2, 0.25) is 0 Å². The molecule has 3 amide bonds. The molecule has 3 N–H and O–H groups in total. The van der Waals surface area contributed by atoms with Crippen molar-refractivity contribution < 1.29 is 24.2 Å². The fourth-order valence-electron chi connectivity index (χ4n) is 4.07. The summed E-state index contributed by atoms with van der Waals surface area (Å²) in [5, 5.41) is 16.8. The van der Waals surface area contributed by atoms with Crippen molar-refractivity contribution in [3.63, 3.8) is 0 Å². The zero-order chi connectivity index (χ0) is 28.3. The summed E-state index contributed by atoms with van der Waals surface area (Å²) in [7, 11) is 0. The Bertz CT molecular complexity index is 902. The molecule has 0 saturated carbocycles. The van der Waals surface area contributed by atoms with E-state index in [1.165, 1.54) is 4.90 Å². The minimum atomic E-state index is -1.07. The number of carbonyl (C=O) groups excluding carboxylic acids is 3. The number of rotatable bonds is 13. The van der Waals surface area contributed by atoms with Crippen LogP contribution in [0.25, 0.3) is 0 Å². The zero-order valence-corrected chi connectivity index (χ0v) is 24.8. The molecule has 8 nitrogen and oxygen atoms in total. The highest BCUT2D eigenvalue weighted by atomic mass is 32.2. The molecule has 0 fully saturated rings. The molecule has 4 atom stereocenters. The molecule has 0 aliphatic heterocycles. The van der Waals surface area contributed by atoms with Gasteiger partial charge in [-0.1, -0.05) is 38.5 Å². The second-order valence-electron chi connectivity index (χ2n) is 10.6. The van der Waals surface area contributed by atoms with Gasteiger partial charge in [-0.25, -0.2) is 4.79 Å². The summed E-state index contributed by atoms with van der Waals surface area (Å²) in [6, 6.07) is 2.79. The molecule has 0 saturated heterocycles. The first-order valence-electron chi connectivity index (χ1n) is 13.2. The number of aromatic hydroxyl groups is 1. The number of phenols is 1. The number of alkyl carbamates (subject to hydrolysis) is 1. The second kappa shape index (κ2) is 15.1. The first-order chi connectivity index (χ1) is 17.3. The Hall–Kier alpha value is -2.42. The first-order valence-corrected chi connectivity index (χ1v) is 14.6. The van der Waals surface area contributed by atoms with Gasteiger partial charge in [0.2, 0.25) is 11.8 Å². The highest BCUT2D eigenvalue weighted by Gasteiger charge is 2.39. The molecule has 210 valence electrons. The zero-order valence-electron chi connectivity index (χ0n) is 24.0. The fraction of sp³-hybridized carbons (Fsp3) is 0.679. The lowest BCUT2D eigenvalue weighted by atomic mass is 9.96. The second-order valence-corrected chi connectivity index (χ2v) is 11.6. The van der Waals surface area contributed by atoms with Gasteiger partial charge >= 0.3 is 6.09 Å². The molecule has 0 radical (unpaired) electrons. The van der Waals surface area contributed by atoms with Crippen LogP contribution in [0.5, 0.6) is 5.75 Å². The third-order valence-electron chi connectivity index (χ3n) is 6.12. The Morgan fingerprint density at radius 2 is 1.76 bits per heavy atom. The van der Waals surface area contributed by atoms with Crippen molar-refractivity contribution in [1.29, 1.82) is 0 Å². The first kappa shape index (κ1) is 32.6. The quantitative estimate of drug-likeness (QED) is 0.314. The van der Waals surface area contributed by atoms with Gasteiger partial charge in [-0.2, -0.15) is 11.8 Å². The van der Waals surface area contributed by atoms with E-state index < -0.39 is 29.7 Å². The number of phenolic OH excluding ortho intramolecular Hbond substituents is 1. The molecule has 0 aliphatic rings. The van der Waals surface area contributed by atoms with Crippen LogP contribution in [0.4, 0.5) is 4.79 Å². The predicted molar refractivity (Wildman–Crippen MR) is 151 cm³/mol. The van der Waals surface area contributed by atoms with Crippen LogP contribution < -0.4 is 10.6 Å². The molecule has 0 aliphatic carbocycles. The smallest absolute Gasteiger partial charge is 0.408 e. The average Bonchev–Trinajstić information content (AvgIpc) is 2.80. The number of thioether (sulfide) groups is 1. The van der Waals surface area contributed by atoms with Crippen molar-refractivity contribution >= 4 is 29.7 Å². The number of carbonyl (C=O) groups is 3. The molecule has 1 aromatic carbocycles. The van der Waals surface area contributed by atoms with Gasteiger partial charge in [0.1, 0.15) is 23.4 Å². The van der Waals surface area contributed by atoms with E-state index in [0.717, 1.165) is 12.8 Å². The van der Waals surface area contributed by atoms with Crippen molar-refractivity contribution in [2.75, 3.05) is 12.0 Å². The molecular weight excluding hydrogens is 490 g/mol. The topological polar surface area (TPSA) is 108 Å².